The maximum absolute atomic E-state index is 12.4. The molecule has 0 aromatic heterocycles. The molecule has 110 valence electrons. The van der Waals surface area contributed by atoms with Gasteiger partial charge in [-0.15, -0.1) is 0 Å². The lowest BCUT2D eigenvalue weighted by Gasteiger charge is -2.14. The number of rotatable bonds is 4. The molecule has 0 spiro atoms. The summed E-state index contributed by atoms with van der Waals surface area (Å²) in [6.07, 6.45) is 0. The molecular formula is C18H22N2O. The summed E-state index contributed by atoms with van der Waals surface area (Å²) in [5.41, 5.74) is 9.42. The van der Waals surface area contributed by atoms with Crippen LogP contribution in [-0.4, -0.2) is 5.91 Å². The second-order valence-corrected chi connectivity index (χ2v) is 5.66. The Kier molecular flexibility index (Phi) is 4.63. The Hall–Kier alpha value is -2.29. The second kappa shape index (κ2) is 6.44. The lowest BCUT2D eigenvalue weighted by molar-refractivity contribution is -0.117. The molecule has 1 atom stereocenters. The number of nitrogens with two attached hydrogens (primary N) is 1. The van der Waals surface area contributed by atoms with E-state index in [4.69, 9.17) is 5.73 Å². The van der Waals surface area contributed by atoms with Gasteiger partial charge in [-0.1, -0.05) is 38.1 Å². The number of nitrogens with one attached hydrogen (secondary N) is 1. The van der Waals surface area contributed by atoms with Crippen molar-refractivity contribution in [2.75, 3.05) is 11.1 Å². The van der Waals surface area contributed by atoms with Gasteiger partial charge in [-0.3, -0.25) is 4.79 Å². The monoisotopic (exact) mass is 282 g/mol. The van der Waals surface area contributed by atoms with Crippen molar-refractivity contribution >= 4 is 17.3 Å². The quantitative estimate of drug-likeness (QED) is 0.828. The minimum atomic E-state index is -0.240. The van der Waals surface area contributed by atoms with Crippen LogP contribution in [0.2, 0.25) is 0 Å². The number of nitrogen functional groups attached to an aromatic ring is 1. The van der Waals surface area contributed by atoms with Crippen molar-refractivity contribution in [3.63, 3.8) is 0 Å². The topological polar surface area (TPSA) is 55.1 Å². The summed E-state index contributed by atoms with van der Waals surface area (Å²) in [4.78, 5) is 12.4. The van der Waals surface area contributed by atoms with E-state index < -0.39 is 0 Å². The highest BCUT2D eigenvalue weighted by atomic mass is 16.1. The number of benzene rings is 2. The van der Waals surface area contributed by atoms with Crippen LogP contribution in [0, 0.1) is 0 Å². The van der Waals surface area contributed by atoms with Crippen LogP contribution in [0.5, 0.6) is 0 Å². The summed E-state index contributed by atoms with van der Waals surface area (Å²) in [6.45, 7) is 6.16. The van der Waals surface area contributed by atoms with Crippen molar-refractivity contribution in [2.45, 2.75) is 32.6 Å². The molecule has 0 aliphatic heterocycles. The van der Waals surface area contributed by atoms with Gasteiger partial charge in [0, 0.05) is 11.4 Å². The zero-order chi connectivity index (χ0) is 15.4. The van der Waals surface area contributed by atoms with E-state index in [1.165, 1.54) is 5.56 Å². The molecule has 3 heteroatoms. The van der Waals surface area contributed by atoms with E-state index in [9.17, 15) is 4.79 Å². The van der Waals surface area contributed by atoms with Crippen LogP contribution in [0.25, 0.3) is 0 Å². The van der Waals surface area contributed by atoms with E-state index in [0.717, 1.165) is 11.3 Å². The number of carbonyl (C=O) groups is 1. The standard InChI is InChI=1S/C18H22N2O/c1-12(2)14-6-5-9-17(11-14)20-18(21)13(3)15-7-4-8-16(19)10-15/h4-13H,19H2,1-3H3,(H,20,21). The lowest BCUT2D eigenvalue weighted by atomic mass is 9.99. The van der Waals surface area contributed by atoms with Crippen LogP contribution in [0.4, 0.5) is 11.4 Å². The Balaban J connectivity index is 2.12. The molecule has 0 bridgehead atoms. The summed E-state index contributed by atoms with van der Waals surface area (Å²) in [5.74, 6) is 0.172. The van der Waals surface area contributed by atoms with Crippen LogP contribution in [-0.2, 0) is 4.79 Å². The molecule has 2 aromatic carbocycles. The SMILES string of the molecule is CC(C)c1cccc(NC(=O)C(C)c2cccc(N)c2)c1. The fourth-order valence-corrected chi connectivity index (χ4v) is 2.21. The Morgan fingerprint density at radius 1 is 1.00 bits per heavy atom. The number of carbonyl (C=O) groups excluding carboxylic acids is 1. The van der Waals surface area contributed by atoms with E-state index in [0.29, 0.717) is 11.6 Å². The van der Waals surface area contributed by atoms with Gasteiger partial charge in [-0.2, -0.15) is 0 Å². The first kappa shape index (κ1) is 15.1. The predicted molar refractivity (Wildman–Crippen MR) is 88.4 cm³/mol. The maximum Gasteiger partial charge on any atom is 0.231 e. The van der Waals surface area contributed by atoms with Crippen molar-refractivity contribution in [1.82, 2.24) is 0 Å². The van der Waals surface area contributed by atoms with Crippen molar-refractivity contribution in [3.05, 3.63) is 59.7 Å². The second-order valence-electron chi connectivity index (χ2n) is 5.66. The molecule has 2 rings (SSSR count). The summed E-state index contributed by atoms with van der Waals surface area (Å²) < 4.78 is 0. The summed E-state index contributed by atoms with van der Waals surface area (Å²) in [7, 11) is 0. The Bertz CT molecular complexity index is 635. The normalized spacial score (nSPS) is 12.2. The van der Waals surface area contributed by atoms with Gasteiger partial charge in [0.2, 0.25) is 5.91 Å². The molecule has 0 aliphatic carbocycles. The van der Waals surface area contributed by atoms with Gasteiger partial charge in [0.25, 0.3) is 0 Å². The molecule has 0 heterocycles. The highest BCUT2D eigenvalue weighted by molar-refractivity contribution is 5.95. The fraction of sp³-hybridized carbons (Fsp3) is 0.278. The predicted octanol–water partition coefficient (Wildman–Crippen LogP) is 4.13. The first-order chi connectivity index (χ1) is 9.97. The van der Waals surface area contributed by atoms with Crippen molar-refractivity contribution in [2.24, 2.45) is 0 Å². The van der Waals surface area contributed by atoms with Crippen LogP contribution in [0.3, 0.4) is 0 Å². The smallest absolute Gasteiger partial charge is 0.231 e. The number of hydrogen-bond acceptors (Lipinski definition) is 2. The van der Waals surface area contributed by atoms with Gasteiger partial charge in [0.05, 0.1) is 5.92 Å². The molecule has 0 fully saturated rings. The molecule has 2 aromatic rings. The highest BCUT2D eigenvalue weighted by Gasteiger charge is 2.15. The average molecular weight is 282 g/mol. The van der Waals surface area contributed by atoms with Crippen molar-refractivity contribution < 1.29 is 4.79 Å². The third kappa shape index (κ3) is 3.85. The molecule has 0 saturated heterocycles. The summed E-state index contributed by atoms with van der Waals surface area (Å²) in [6, 6.07) is 15.4. The van der Waals surface area contributed by atoms with Gasteiger partial charge >= 0.3 is 0 Å². The van der Waals surface area contributed by atoms with E-state index >= 15 is 0 Å². The van der Waals surface area contributed by atoms with Gasteiger partial charge in [0.15, 0.2) is 0 Å². The van der Waals surface area contributed by atoms with Gasteiger partial charge in [-0.05, 0) is 48.2 Å². The average Bonchev–Trinajstić information content (AvgIpc) is 2.46. The molecule has 1 unspecified atom stereocenters. The van der Waals surface area contributed by atoms with Crippen LogP contribution in [0.1, 0.15) is 43.7 Å². The summed E-state index contributed by atoms with van der Waals surface area (Å²) >= 11 is 0. The Morgan fingerprint density at radius 2 is 1.67 bits per heavy atom. The van der Waals surface area contributed by atoms with E-state index in [1.54, 1.807) is 0 Å². The molecule has 0 radical (unpaired) electrons. The number of amides is 1. The molecule has 3 N–H and O–H groups in total. The first-order valence-electron chi connectivity index (χ1n) is 7.23. The van der Waals surface area contributed by atoms with Gasteiger partial charge in [-0.25, -0.2) is 0 Å². The van der Waals surface area contributed by atoms with Crippen molar-refractivity contribution in [3.8, 4) is 0 Å². The van der Waals surface area contributed by atoms with Gasteiger partial charge in [0.1, 0.15) is 0 Å². The van der Waals surface area contributed by atoms with Crippen LogP contribution in [0.15, 0.2) is 48.5 Å². The fourth-order valence-electron chi connectivity index (χ4n) is 2.21. The minimum Gasteiger partial charge on any atom is -0.399 e. The molecular weight excluding hydrogens is 260 g/mol. The third-order valence-corrected chi connectivity index (χ3v) is 3.62. The largest absolute Gasteiger partial charge is 0.399 e. The van der Waals surface area contributed by atoms with Gasteiger partial charge < -0.3 is 11.1 Å². The highest BCUT2D eigenvalue weighted by Crippen LogP contribution is 2.22. The van der Waals surface area contributed by atoms with E-state index in [-0.39, 0.29) is 11.8 Å². The van der Waals surface area contributed by atoms with Crippen molar-refractivity contribution in [1.29, 1.82) is 0 Å². The number of anilines is 2. The molecule has 1 amide bonds. The van der Waals surface area contributed by atoms with E-state index in [1.807, 2.05) is 49.4 Å². The van der Waals surface area contributed by atoms with E-state index in [2.05, 4.69) is 25.2 Å². The first-order valence-corrected chi connectivity index (χ1v) is 7.23. The van der Waals surface area contributed by atoms with Crippen LogP contribution < -0.4 is 11.1 Å². The molecule has 3 nitrogen and oxygen atoms in total. The molecule has 0 aliphatic rings. The minimum absolute atomic E-state index is 0.0264. The summed E-state index contributed by atoms with van der Waals surface area (Å²) in [5, 5.41) is 2.98. The molecule has 0 saturated carbocycles. The zero-order valence-electron chi connectivity index (χ0n) is 12.8. The lowest BCUT2D eigenvalue weighted by Crippen LogP contribution is -2.19. The van der Waals surface area contributed by atoms with Crippen LogP contribution >= 0.6 is 0 Å². The third-order valence-electron chi connectivity index (χ3n) is 3.62. The Labute approximate surface area is 126 Å². The maximum atomic E-state index is 12.4. The number of hydrogen-bond donors (Lipinski definition) is 2. The Morgan fingerprint density at radius 3 is 2.33 bits per heavy atom. The molecule has 21 heavy (non-hydrogen) atoms. The zero-order valence-corrected chi connectivity index (χ0v) is 12.8.